The zero-order valence-electron chi connectivity index (χ0n) is 13.2. The summed E-state index contributed by atoms with van der Waals surface area (Å²) in [5.41, 5.74) is 1.10. The first kappa shape index (κ1) is 16.1. The second-order valence-electron chi connectivity index (χ2n) is 6.24. The number of anilines is 1. The number of hydrogen-bond donors (Lipinski definition) is 1. The van der Waals surface area contributed by atoms with Gasteiger partial charge in [0.05, 0.1) is 12.7 Å². The number of carbonyl (C=O) groups is 1. The molecule has 4 nitrogen and oxygen atoms in total. The molecule has 1 heterocycles. The number of carbonyl (C=O) groups excluding carboxylic acids is 1. The fourth-order valence-electron chi connectivity index (χ4n) is 3.17. The number of rotatable bonds is 6. The molecular formula is C18H22ClN3O. The Morgan fingerprint density at radius 1 is 1.22 bits per heavy atom. The Labute approximate surface area is 141 Å². The van der Waals surface area contributed by atoms with E-state index < -0.39 is 0 Å². The van der Waals surface area contributed by atoms with Gasteiger partial charge in [0.1, 0.15) is 5.82 Å². The van der Waals surface area contributed by atoms with Crippen LogP contribution in [0.3, 0.4) is 0 Å². The first-order valence-electron chi connectivity index (χ1n) is 8.27. The number of amides is 1. The van der Waals surface area contributed by atoms with Gasteiger partial charge in [-0.2, -0.15) is 5.10 Å². The first-order chi connectivity index (χ1) is 11.2. The van der Waals surface area contributed by atoms with Crippen LogP contribution in [-0.4, -0.2) is 15.7 Å². The fraction of sp³-hybridized carbons (Fsp3) is 0.444. The molecule has 1 aliphatic rings. The minimum Gasteiger partial charge on any atom is -0.311 e. The van der Waals surface area contributed by atoms with Crippen LogP contribution >= 0.6 is 11.6 Å². The van der Waals surface area contributed by atoms with Crippen LogP contribution in [0, 0.1) is 5.92 Å². The molecule has 2 aromatic rings. The van der Waals surface area contributed by atoms with Crippen molar-refractivity contribution in [3.8, 4) is 0 Å². The normalized spacial score (nSPS) is 15.0. The van der Waals surface area contributed by atoms with Crippen LogP contribution in [0.15, 0.2) is 36.5 Å². The second-order valence-corrected chi connectivity index (χ2v) is 6.67. The monoisotopic (exact) mass is 331 g/mol. The Kier molecular flexibility index (Phi) is 5.34. The van der Waals surface area contributed by atoms with Gasteiger partial charge < -0.3 is 5.32 Å². The SMILES string of the molecule is O=C(CCC1CCCC1)Nc1ccnn1Cc1ccc(Cl)cc1. The average molecular weight is 332 g/mol. The highest BCUT2D eigenvalue weighted by Crippen LogP contribution is 2.28. The predicted octanol–water partition coefficient (Wildman–Crippen LogP) is 4.49. The van der Waals surface area contributed by atoms with Gasteiger partial charge in [-0.25, -0.2) is 4.68 Å². The van der Waals surface area contributed by atoms with Gasteiger partial charge in [0, 0.05) is 17.5 Å². The topological polar surface area (TPSA) is 46.9 Å². The number of nitrogens with one attached hydrogen (secondary N) is 1. The molecular weight excluding hydrogens is 310 g/mol. The van der Waals surface area contributed by atoms with Crippen molar-refractivity contribution >= 4 is 23.3 Å². The number of halogens is 1. The van der Waals surface area contributed by atoms with Gasteiger partial charge in [0.2, 0.25) is 5.91 Å². The molecule has 0 saturated heterocycles. The van der Waals surface area contributed by atoms with E-state index in [-0.39, 0.29) is 5.91 Å². The van der Waals surface area contributed by atoms with Crippen molar-refractivity contribution in [3.05, 3.63) is 47.1 Å². The van der Waals surface area contributed by atoms with Gasteiger partial charge in [0.15, 0.2) is 0 Å². The quantitative estimate of drug-likeness (QED) is 0.847. The van der Waals surface area contributed by atoms with Crippen molar-refractivity contribution in [2.75, 3.05) is 5.32 Å². The van der Waals surface area contributed by atoms with Crippen molar-refractivity contribution in [2.45, 2.75) is 45.1 Å². The molecule has 23 heavy (non-hydrogen) atoms. The third kappa shape index (κ3) is 4.58. The molecule has 0 radical (unpaired) electrons. The number of hydrogen-bond acceptors (Lipinski definition) is 2. The summed E-state index contributed by atoms with van der Waals surface area (Å²) in [4.78, 5) is 12.1. The van der Waals surface area contributed by atoms with E-state index >= 15 is 0 Å². The van der Waals surface area contributed by atoms with Crippen LogP contribution in [0.1, 0.15) is 44.1 Å². The zero-order chi connectivity index (χ0) is 16.1. The van der Waals surface area contributed by atoms with Crippen molar-refractivity contribution in [2.24, 2.45) is 5.92 Å². The zero-order valence-corrected chi connectivity index (χ0v) is 13.9. The lowest BCUT2D eigenvalue weighted by Gasteiger charge is -2.11. The molecule has 1 amide bonds. The maximum atomic E-state index is 12.1. The molecule has 0 atom stereocenters. The molecule has 1 fully saturated rings. The maximum Gasteiger partial charge on any atom is 0.225 e. The van der Waals surface area contributed by atoms with Crippen molar-refractivity contribution in [1.82, 2.24) is 9.78 Å². The van der Waals surface area contributed by atoms with Gasteiger partial charge >= 0.3 is 0 Å². The van der Waals surface area contributed by atoms with E-state index in [2.05, 4.69) is 10.4 Å². The van der Waals surface area contributed by atoms with E-state index in [1.54, 1.807) is 10.9 Å². The highest BCUT2D eigenvalue weighted by Gasteiger charge is 2.16. The maximum absolute atomic E-state index is 12.1. The standard InChI is InChI=1S/C18H22ClN3O/c19-16-8-5-15(6-9-16)13-22-17(11-12-20-22)21-18(23)10-7-14-3-1-2-4-14/h5-6,8-9,11-12,14H,1-4,7,10,13H2,(H,21,23). The molecule has 5 heteroatoms. The number of nitrogens with zero attached hydrogens (tertiary/aromatic N) is 2. The molecule has 3 rings (SSSR count). The second kappa shape index (κ2) is 7.64. The molecule has 1 saturated carbocycles. The largest absolute Gasteiger partial charge is 0.311 e. The lowest BCUT2D eigenvalue weighted by molar-refractivity contribution is -0.116. The highest BCUT2D eigenvalue weighted by molar-refractivity contribution is 6.30. The Bertz CT molecular complexity index is 645. The van der Waals surface area contributed by atoms with Crippen LogP contribution in [0.5, 0.6) is 0 Å². The van der Waals surface area contributed by atoms with E-state index in [1.165, 1.54) is 25.7 Å². The summed E-state index contributed by atoms with van der Waals surface area (Å²) < 4.78 is 1.80. The van der Waals surface area contributed by atoms with Crippen LogP contribution in [0.2, 0.25) is 5.02 Å². The predicted molar refractivity (Wildman–Crippen MR) is 92.6 cm³/mol. The van der Waals surface area contributed by atoms with E-state index in [0.717, 1.165) is 28.7 Å². The van der Waals surface area contributed by atoms with Crippen molar-refractivity contribution in [3.63, 3.8) is 0 Å². The van der Waals surface area contributed by atoms with Gasteiger partial charge in [-0.05, 0) is 30.0 Å². The van der Waals surface area contributed by atoms with Crippen LogP contribution in [0.25, 0.3) is 0 Å². The summed E-state index contributed by atoms with van der Waals surface area (Å²) in [7, 11) is 0. The van der Waals surface area contributed by atoms with E-state index in [9.17, 15) is 4.79 Å². The van der Waals surface area contributed by atoms with Gasteiger partial charge in [-0.1, -0.05) is 49.4 Å². The van der Waals surface area contributed by atoms with E-state index in [0.29, 0.717) is 13.0 Å². The van der Waals surface area contributed by atoms with Crippen LogP contribution < -0.4 is 5.32 Å². The van der Waals surface area contributed by atoms with Gasteiger partial charge in [-0.3, -0.25) is 4.79 Å². The molecule has 122 valence electrons. The minimum absolute atomic E-state index is 0.0785. The van der Waals surface area contributed by atoms with Gasteiger partial charge in [-0.15, -0.1) is 0 Å². The molecule has 1 aromatic heterocycles. The molecule has 1 aliphatic carbocycles. The smallest absolute Gasteiger partial charge is 0.225 e. The lowest BCUT2D eigenvalue weighted by atomic mass is 10.0. The Balaban J connectivity index is 1.55. The average Bonchev–Trinajstić information content (AvgIpc) is 3.20. The Morgan fingerprint density at radius 2 is 1.96 bits per heavy atom. The minimum atomic E-state index is 0.0785. The molecule has 1 aromatic carbocycles. The Morgan fingerprint density at radius 3 is 2.70 bits per heavy atom. The molecule has 0 aliphatic heterocycles. The summed E-state index contributed by atoms with van der Waals surface area (Å²) in [6.45, 7) is 0.613. The summed E-state index contributed by atoms with van der Waals surface area (Å²) >= 11 is 5.90. The van der Waals surface area contributed by atoms with Gasteiger partial charge in [0.25, 0.3) is 0 Å². The molecule has 1 N–H and O–H groups in total. The van der Waals surface area contributed by atoms with Crippen LogP contribution in [-0.2, 0) is 11.3 Å². The first-order valence-corrected chi connectivity index (χ1v) is 8.64. The summed E-state index contributed by atoms with van der Waals surface area (Å²) in [5, 5.41) is 7.99. The highest BCUT2D eigenvalue weighted by atomic mass is 35.5. The lowest BCUT2D eigenvalue weighted by Crippen LogP contribution is -2.16. The van der Waals surface area contributed by atoms with E-state index in [4.69, 9.17) is 11.6 Å². The summed E-state index contributed by atoms with van der Waals surface area (Å²) in [6.07, 6.45) is 8.50. The molecule has 0 unspecified atom stereocenters. The van der Waals surface area contributed by atoms with Crippen LogP contribution in [0.4, 0.5) is 5.82 Å². The summed E-state index contributed by atoms with van der Waals surface area (Å²) in [6, 6.07) is 9.50. The third-order valence-electron chi connectivity index (χ3n) is 4.48. The number of benzene rings is 1. The van der Waals surface area contributed by atoms with Crippen molar-refractivity contribution in [1.29, 1.82) is 0 Å². The van der Waals surface area contributed by atoms with Crippen molar-refractivity contribution < 1.29 is 4.79 Å². The summed E-state index contributed by atoms with van der Waals surface area (Å²) in [5.74, 6) is 1.56. The fourth-order valence-corrected chi connectivity index (χ4v) is 3.29. The van der Waals surface area contributed by atoms with E-state index in [1.807, 2.05) is 30.3 Å². The Hall–Kier alpha value is -1.81. The molecule has 0 spiro atoms. The third-order valence-corrected chi connectivity index (χ3v) is 4.74. The molecule has 0 bridgehead atoms. The number of aromatic nitrogens is 2.